The molecular formula is H3NO5S2. The van der Waals surface area contributed by atoms with Gasteiger partial charge in [0, 0.05) is 0 Å². The third-order valence-electron chi connectivity index (χ3n) is 0.177. The van der Waals surface area contributed by atoms with E-state index >= 15 is 0 Å². The summed E-state index contributed by atoms with van der Waals surface area (Å²) in [5, 5.41) is 0. The van der Waals surface area contributed by atoms with Gasteiger partial charge in [0.2, 0.25) is 0 Å². The minimum atomic E-state index is -2.55. The van der Waals surface area contributed by atoms with Gasteiger partial charge in [0.15, 0.2) is 0 Å². The van der Waals surface area contributed by atoms with Crippen molar-refractivity contribution in [2.75, 3.05) is 0 Å². The Morgan fingerprint density at radius 2 is 1.88 bits per heavy atom. The van der Waals surface area contributed by atoms with Crippen LogP contribution in [-0.2, 0) is 26.9 Å². The molecule has 2 unspecified atom stereocenters. The molecule has 6 nitrogen and oxygen atoms in total. The van der Waals surface area contributed by atoms with Crippen LogP contribution in [0.5, 0.6) is 0 Å². The first-order valence-corrected chi connectivity index (χ1v) is 3.41. The third kappa shape index (κ3) is 6.14. The summed E-state index contributed by atoms with van der Waals surface area (Å²) in [5.74, 6) is 0. The van der Waals surface area contributed by atoms with Crippen molar-refractivity contribution >= 4 is 22.6 Å². The normalized spacial score (nSPS) is 17.8. The molecule has 0 saturated heterocycles. The quantitative estimate of drug-likeness (QED) is 0.356. The van der Waals surface area contributed by atoms with E-state index in [1.165, 1.54) is 4.89 Å². The van der Waals surface area contributed by atoms with Gasteiger partial charge in [-0.1, -0.05) is 4.89 Å². The van der Waals surface area contributed by atoms with Gasteiger partial charge < -0.3 is 0 Å². The maximum absolute atomic E-state index is 9.53. The maximum Gasteiger partial charge on any atom is 0.320 e. The Hall–Kier alpha value is 0.140. The molecule has 0 spiro atoms. The van der Waals surface area contributed by atoms with E-state index in [9.17, 15) is 8.42 Å². The highest BCUT2D eigenvalue weighted by Crippen LogP contribution is 1.71. The van der Waals surface area contributed by atoms with E-state index in [-0.39, 0.29) is 0 Å². The lowest BCUT2D eigenvalue weighted by atomic mass is 13.5. The molecule has 50 valence electrons. The van der Waals surface area contributed by atoms with Gasteiger partial charge in [-0.25, -0.2) is 4.21 Å². The predicted molar refractivity (Wildman–Crippen MR) is 25.8 cm³/mol. The van der Waals surface area contributed by atoms with E-state index in [1.54, 1.807) is 0 Å². The minimum absolute atomic E-state index is 1.32. The second kappa shape index (κ2) is 4.06. The van der Waals surface area contributed by atoms with Crippen molar-refractivity contribution in [3.63, 3.8) is 0 Å². The van der Waals surface area contributed by atoms with Crippen LogP contribution in [0, 0.1) is 0 Å². The Kier molecular flexibility index (Phi) is 4.13. The van der Waals surface area contributed by atoms with Crippen molar-refractivity contribution in [3.05, 3.63) is 0 Å². The average Bonchev–Trinajstić information content (AvgIpc) is 1.61. The van der Waals surface area contributed by atoms with Gasteiger partial charge in [-0.15, -0.1) is 0 Å². The summed E-state index contributed by atoms with van der Waals surface area (Å²) >= 11 is -4.96. The van der Waals surface area contributed by atoms with Gasteiger partial charge in [0.25, 0.3) is 11.3 Å². The molecule has 8 heteroatoms. The smallest absolute Gasteiger partial charge is 0.292 e. The molecule has 0 aliphatic rings. The second-order valence-electron chi connectivity index (χ2n) is 0.633. The van der Waals surface area contributed by atoms with Crippen LogP contribution in [0.2, 0.25) is 0 Å². The topological polar surface area (TPSA) is 95.9 Å². The van der Waals surface area contributed by atoms with Crippen LogP contribution in [0.15, 0.2) is 0 Å². The molecular weight excluding hydrogens is 158 g/mol. The van der Waals surface area contributed by atoms with Crippen molar-refractivity contribution in [2.45, 2.75) is 0 Å². The fourth-order valence-electron chi connectivity index (χ4n) is 0.0582. The van der Waals surface area contributed by atoms with Gasteiger partial charge in [-0.05, 0) is 0 Å². The summed E-state index contributed by atoms with van der Waals surface area (Å²) < 4.78 is 38.1. The molecule has 0 bridgehead atoms. The summed E-state index contributed by atoms with van der Waals surface area (Å²) in [6.07, 6.45) is 0. The Labute approximate surface area is 50.1 Å². The molecule has 2 atom stereocenters. The molecule has 0 heterocycles. The van der Waals surface area contributed by atoms with Crippen LogP contribution < -0.4 is 4.89 Å². The van der Waals surface area contributed by atoms with Crippen LogP contribution in [0.25, 0.3) is 0 Å². The van der Waals surface area contributed by atoms with E-state index < -0.39 is 22.6 Å². The largest absolute Gasteiger partial charge is 0.320 e. The van der Waals surface area contributed by atoms with Gasteiger partial charge in [0.1, 0.15) is 0 Å². The van der Waals surface area contributed by atoms with Crippen LogP contribution >= 0.6 is 0 Å². The van der Waals surface area contributed by atoms with Gasteiger partial charge in [-0.3, -0.25) is 9.11 Å². The van der Waals surface area contributed by atoms with Crippen LogP contribution in [0.4, 0.5) is 0 Å². The number of nitrogens with one attached hydrogen (secondary N) is 1. The maximum atomic E-state index is 9.53. The summed E-state index contributed by atoms with van der Waals surface area (Å²) in [5.41, 5.74) is 0. The molecule has 0 amide bonds. The molecule has 3 N–H and O–H groups in total. The van der Waals surface area contributed by atoms with Crippen LogP contribution in [-0.4, -0.2) is 17.5 Å². The monoisotopic (exact) mass is 161 g/mol. The predicted octanol–water partition coefficient (Wildman–Crippen LogP) is -1.22. The van der Waals surface area contributed by atoms with E-state index in [1.807, 2.05) is 0 Å². The van der Waals surface area contributed by atoms with Crippen molar-refractivity contribution in [3.8, 4) is 0 Å². The van der Waals surface area contributed by atoms with E-state index in [0.717, 1.165) is 0 Å². The van der Waals surface area contributed by atoms with Crippen molar-refractivity contribution < 1.29 is 21.8 Å². The van der Waals surface area contributed by atoms with E-state index in [2.05, 4.69) is 4.28 Å². The van der Waals surface area contributed by atoms with E-state index in [4.69, 9.17) is 9.11 Å². The average molecular weight is 161 g/mol. The Balaban J connectivity index is 3.18. The highest BCUT2D eigenvalue weighted by atomic mass is 32.2. The Bertz CT molecular complexity index is 95.0. The number of hydrogen-bond donors (Lipinski definition) is 3. The molecule has 0 aromatic heterocycles. The lowest BCUT2D eigenvalue weighted by molar-refractivity contribution is 0.262. The SMILES string of the molecule is O=S(O)NOS(=O)O. The summed E-state index contributed by atoms with van der Waals surface area (Å²) in [6, 6.07) is 0. The molecule has 0 aromatic rings. The Morgan fingerprint density at radius 1 is 1.38 bits per heavy atom. The fourth-order valence-corrected chi connectivity index (χ4v) is 0.524. The van der Waals surface area contributed by atoms with E-state index in [0.29, 0.717) is 0 Å². The van der Waals surface area contributed by atoms with Crippen molar-refractivity contribution in [1.29, 1.82) is 0 Å². The van der Waals surface area contributed by atoms with Gasteiger partial charge in [-0.2, -0.15) is 8.49 Å². The number of rotatable bonds is 3. The molecule has 0 aromatic carbocycles. The fraction of sp³-hybridized carbons (Fsp3) is 0. The van der Waals surface area contributed by atoms with Crippen LogP contribution in [0.3, 0.4) is 0 Å². The molecule has 0 radical (unpaired) electrons. The van der Waals surface area contributed by atoms with Gasteiger partial charge >= 0.3 is 11.4 Å². The van der Waals surface area contributed by atoms with Crippen LogP contribution in [0.1, 0.15) is 0 Å². The lowest BCUT2D eigenvalue weighted by Gasteiger charge is -1.90. The zero-order chi connectivity index (χ0) is 6.57. The summed E-state index contributed by atoms with van der Waals surface area (Å²) in [7, 11) is 0. The zero-order valence-corrected chi connectivity index (χ0v) is 5.07. The molecule has 0 saturated carbocycles. The third-order valence-corrected chi connectivity index (χ3v) is 0.734. The first kappa shape index (κ1) is 8.14. The second-order valence-corrected chi connectivity index (χ2v) is 1.90. The summed E-state index contributed by atoms with van der Waals surface area (Å²) in [6.45, 7) is 0. The summed E-state index contributed by atoms with van der Waals surface area (Å²) in [4.78, 5) is 1.32. The van der Waals surface area contributed by atoms with Crippen molar-refractivity contribution in [2.24, 2.45) is 0 Å². The number of hydrogen-bond acceptors (Lipinski definition) is 3. The van der Waals surface area contributed by atoms with Gasteiger partial charge in [0.05, 0.1) is 0 Å². The highest BCUT2D eigenvalue weighted by molar-refractivity contribution is 7.78. The molecule has 0 fully saturated rings. The highest BCUT2D eigenvalue weighted by Gasteiger charge is 1.93. The first-order chi connectivity index (χ1) is 3.63. The molecule has 0 aliphatic heterocycles. The Morgan fingerprint density at radius 3 is 2.00 bits per heavy atom. The standard InChI is InChI=1S/H3NO5S2/c2-7(3)1-6-8(4)5/h1H,(H,2,3)(H,4,5). The minimum Gasteiger partial charge on any atom is -0.292 e. The molecule has 0 rings (SSSR count). The lowest BCUT2D eigenvalue weighted by Crippen LogP contribution is -2.17. The molecule has 8 heavy (non-hydrogen) atoms. The first-order valence-electron chi connectivity index (χ1n) is 1.27. The van der Waals surface area contributed by atoms with Crippen molar-refractivity contribution in [1.82, 2.24) is 4.89 Å². The molecule has 0 aliphatic carbocycles. The zero-order valence-electron chi connectivity index (χ0n) is 3.44.